The largest absolute Gasteiger partial charge is 0.396 e. The topological polar surface area (TPSA) is 53.4 Å². The number of aryl methyl sites for hydroxylation is 1. The summed E-state index contributed by atoms with van der Waals surface area (Å²) in [5.41, 5.74) is 5.80. The molecule has 0 amide bonds. The molecule has 33 heavy (non-hydrogen) atoms. The van der Waals surface area contributed by atoms with Gasteiger partial charge in [0.25, 0.3) is 0 Å². The molecule has 0 fully saturated rings. The smallest absolute Gasteiger partial charge is 0.0849 e. The normalized spacial score (nSPS) is 12.0. The van der Waals surface area contributed by atoms with E-state index in [9.17, 15) is 10.2 Å². The van der Waals surface area contributed by atoms with Crippen LogP contribution in [0.5, 0.6) is 0 Å². The summed E-state index contributed by atoms with van der Waals surface area (Å²) < 4.78 is 0. The van der Waals surface area contributed by atoms with Crippen LogP contribution in [0.1, 0.15) is 42.7 Å². The van der Waals surface area contributed by atoms with Crippen molar-refractivity contribution in [1.29, 1.82) is 0 Å². The third-order valence-corrected chi connectivity index (χ3v) is 5.92. The van der Waals surface area contributed by atoms with Crippen molar-refractivity contribution in [3.63, 3.8) is 0 Å². The number of fused-ring (bicyclic) bond motifs is 1. The van der Waals surface area contributed by atoms with E-state index in [0.717, 1.165) is 50.8 Å². The van der Waals surface area contributed by atoms with Gasteiger partial charge in [0.2, 0.25) is 0 Å². The highest BCUT2D eigenvalue weighted by molar-refractivity contribution is 6.31. The van der Waals surface area contributed by atoms with Crippen molar-refractivity contribution in [2.45, 2.75) is 32.3 Å². The summed E-state index contributed by atoms with van der Waals surface area (Å²) in [4.78, 5) is 4.69. The molecule has 0 aliphatic heterocycles. The van der Waals surface area contributed by atoms with E-state index in [-0.39, 0.29) is 6.61 Å². The second kappa shape index (κ2) is 9.88. The van der Waals surface area contributed by atoms with Crippen LogP contribution in [-0.4, -0.2) is 21.8 Å². The molecule has 168 valence electrons. The molecule has 0 saturated carbocycles. The molecule has 4 rings (SSSR count). The number of benzene rings is 3. The van der Waals surface area contributed by atoms with Gasteiger partial charge >= 0.3 is 0 Å². The number of rotatable bonds is 7. The van der Waals surface area contributed by atoms with Crippen molar-refractivity contribution < 1.29 is 10.2 Å². The maximum Gasteiger partial charge on any atom is 0.0849 e. The molecule has 0 spiro atoms. The fourth-order valence-electron chi connectivity index (χ4n) is 4.23. The van der Waals surface area contributed by atoms with Gasteiger partial charge in [0.05, 0.1) is 16.8 Å². The molecule has 2 N–H and O–H groups in total. The van der Waals surface area contributed by atoms with Crippen molar-refractivity contribution in [3.05, 3.63) is 100 Å². The number of aliphatic hydroxyl groups excluding tert-OH is 1. The zero-order valence-corrected chi connectivity index (χ0v) is 19.7. The van der Waals surface area contributed by atoms with Crippen LogP contribution in [0.15, 0.2) is 72.8 Å². The highest BCUT2D eigenvalue weighted by Crippen LogP contribution is 2.35. The van der Waals surface area contributed by atoms with Crippen LogP contribution < -0.4 is 0 Å². The Kier molecular flexibility index (Phi) is 6.94. The van der Waals surface area contributed by atoms with Gasteiger partial charge < -0.3 is 10.2 Å². The average Bonchev–Trinajstić information content (AvgIpc) is 2.80. The minimum Gasteiger partial charge on any atom is -0.396 e. The first kappa shape index (κ1) is 23.2. The van der Waals surface area contributed by atoms with Crippen molar-refractivity contribution >= 4 is 34.7 Å². The highest BCUT2D eigenvalue weighted by atomic mass is 35.5. The van der Waals surface area contributed by atoms with Crippen molar-refractivity contribution in [2.24, 2.45) is 0 Å². The summed E-state index contributed by atoms with van der Waals surface area (Å²) in [7, 11) is 0. The van der Waals surface area contributed by atoms with Gasteiger partial charge in [-0.2, -0.15) is 0 Å². The quantitative estimate of drug-likeness (QED) is 0.318. The number of nitrogens with zero attached hydrogens (tertiary/aromatic N) is 1. The van der Waals surface area contributed by atoms with E-state index >= 15 is 0 Å². The summed E-state index contributed by atoms with van der Waals surface area (Å²) in [6, 6.07) is 24.1. The van der Waals surface area contributed by atoms with Gasteiger partial charge in [0.1, 0.15) is 0 Å². The molecule has 1 heterocycles. The van der Waals surface area contributed by atoms with Gasteiger partial charge in [-0.15, -0.1) is 0 Å². The van der Waals surface area contributed by atoms with E-state index in [1.165, 1.54) is 0 Å². The second-order valence-corrected chi connectivity index (χ2v) is 9.19. The Labute approximate surface area is 200 Å². The monoisotopic (exact) mass is 457 g/mol. The highest BCUT2D eigenvalue weighted by Gasteiger charge is 2.24. The molecule has 3 aromatic carbocycles. The predicted molar refractivity (Wildman–Crippen MR) is 138 cm³/mol. The molecule has 4 aromatic rings. The first-order chi connectivity index (χ1) is 15.8. The number of halogens is 1. The summed E-state index contributed by atoms with van der Waals surface area (Å²) in [5, 5.41) is 22.0. The Morgan fingerprint density at radius 2 is 1.73 bits per heavy atom. The number of hydrogen-bond acceptors (Lipinski definition) is 3. The molecular weight excluding hydrogens is 430 g/mol. The lowest BCUT2D eigenvalue weighted by Gasteiger charge is -2.26. The standard InChI is InChI=1S/C29H28ClNO2/c1-29(2,33)28-22(9-5-17-32)7-4-10-26(28)23-8-3-6-20(18-23)11-15-25-16-13-21-12-14-24(30)19-27(21)31-25/h3-4,6-8,10-16,18-19,32-33H,5,9,17H2,1-2H3/b15-11+. The summed E-state index contributed by atoms with van der Waals surface area (Å²) in [6.45, 7) is 3.76. The average molecular weight is 458 g/mol. The number of aromatic nitrogens is 1. The van der Waals surface area contributed by atoms with Crippen molar-refractivity contribution in [3.8, 4) is 11.1 Å². The summed E-state index contributed by atoms with van der Waals surface area (Å²) in [5.74, 6) is 0. The van der Waals surface area contributed by atoms with Gasteiger partial charge in [-0.3, -0.25) is 0 Å². The summed E-state index contributed by atoms with van der Waals surface area (Å²) in [6.07, 6.45) is 5.43. The van der Waals surface area contributed by atoms with E-state index in [1.807, 2.05) is 80.6 Å². The lowest BCUT2D eigenvalue weighted by atomic mass is 9.84. The lowest BCUT2D eigenvalue weighted by Crippen LogP contribution is -2.19. The molecule has 0 saturated heterocycles. The van der Waals surface area contributed by atoms with E-state index in [2.05, 4.69) is 18.2 Å². The maximum atomic E-state index is 10.9. The number of aliphatic hydroxyl groups is 2. The van der Waals surface area contributed by atoms with Crippen molar-refractivity contribution in [1.82, 2.24) is 4.98 Å². The SMILES string of the molecule is CC(C)(O)c1c(CCCO)cccc1-c1cccc(/C=C/c2ccc3ccc(Cl)cc3n2)c1. The second-order valence-electron chi connectivity index (χ2n) is 8.76. The maximum absolute atomic E-state index is 10.9. The fraction of sp³-hybridized carbons (Fsp3) is 0.207. The van der Waals surface area contributed by atoms with E-state index < -0.39 is 5.60 Å². The van der Waals surface area contributed by atoms with Gasteiger partial charge in [0.15, 0.2) is 0 Å². The molecule has 0 bridgehead atoms. The third-order valence-electron chi connectivity index (χ3n) is 5.69. The van der Waals surface area contributed by atoms with E-state index in [0.29, 0.717) is 11.4 Å². The predicted octanol–water partition coefficient (Wildman–Crippen LogP) is 6.88. The van der Waals surface area contributed by atoms with Crippen LogP contribution in [0, 0.1) is 0 Å². The van der Waals surface area contributed by atoms with Crippen LogP contribution in [0.2, 0.25) is 5.02 Å². The van der Waals surface area contributed by atoms with Crippen LogP contribution in [0.25, 0.3) is 34.2 Å². The zero-order chi connectivity index (χ0) is 23.4. The van der Waals surface area contributed by atoms with Crippen LogP contribution >= 0.6 is 11.6 Å². The molecule has 1 aromatic heterocycles. The third kappa shape index (κ3) is 5.51. The van der Waals surface area contributed by atoms with E-state index in [1.54, 1.807) is 0 Å². The van der Waals surface area contributed by atoms with Gasteiger partial charge in [-0.1, -0.05) is 66.2 Å². The van der Waals surface area contributed by atoms with Crippen LogP contribution in [-0.2, 0) is 12.0 Å². The lowest BCUT2D eigenvalue weighted by molar-refractivity contribution is 0.0781. The Morgan fingerprint density at radius 3 is 2.52 bits per heavy atom. The Balaban J connectivity index is 1.69. The molecule has 0 atom stereocenters. The summed E-state index contributed by atoms with van der Waals surface area (Å²) >= 11 is 6.12. The number of hydrogen-bond donors (Lipinski definition) is 2. The molecule has 0 unspecified atom stereocenters. The molecule has 4 heteroatoms. The van der Waals surface area contributed by atoms with Crippen molar-refractivity contribution in [2.75, 3.05) is 6.61 Å². The first-order valence-corrected chi connectivity index (χ1v) is 11.5. The Bertz CT molecular complexity index is 1300. The van der Waals surface area contributed by atoms with Gasteiger partial charge in [-0.05, 0) is 84.8 Å². The van der Waals surface area contributed by atoms with Gasteiger partial charge in [-0.25, -0.2) is 4.98 Å². The zero-order valence-electron chi connectivity index (χ0n) is 18.9. The van der Waals surface area contributed by atoms with Gasteiger partial charge in [0, 0.05) is 17.0 Å². The Morgan fingerprint density at radius 1 is 0.939 bits per heavy atom. The fourth-order valence-corrected chi connectivity index (χ4v) is 4.40. The molecular formula is C29H28ClNO2. The molecule has 3 nitrogen and oxygen atoms in total. The molecule has 0 aliphatic carbocycles. The molecule has 0 radical (unpaired) electrons. The minimum atomic E-state index is -0.997. The number of pyridine rings is 1. The Hall–Kier alpha value is -2.98. The first-order valence-electron chi connectivity index (χ1n) is 11.2. The van der Waals surface area contributed by atoms with Crippen LogP contribution in [0.3, 0.4) is 0 Å². The molecule has 0 aliphatic rings. The van der Waals surface area contributed by atoms with E-state index in [4.69, 9.17) is 16.6 Å². The van der Waals surface area contributed by atoms with Crippen LogP contribution in [0.4, 0.5) is 0 Å². The minimum absolute atomic E-state index is 0.130.